The summed E-state index contributed by atoms with van der Waals surface area (Å²) in [6, 6.07) is 0. The molecule has 4 heteroatoms. The maximum absolute atomic E-state index is 6.19. The maximum atomic E-state index is 6.19. The molecule has 2 aliphatic rings. The van der Waals surface area contributed by atoms with Crippen LogP contribution >= 0.6 is 0 Å². The molecule has 0 aliphatic carbocycles. The van der Waals surface area contributed by atoms with E-state index in [0.29, 0.717) is 0 Å². The largest absolute Gasteiger partial charge is 0.381 e. The van der Waals surface area contributed by atoms with E-state index in [-0.39, 0.29) is 5.54 Å². The van der Waals surface area contributed by atoms with Crippen LogP contribution < -0.4 is 11.1 Å². The molecule has 0 atom stereocenters. The third kappa shape index (κ3) is 1.32. The van der Waals surface area contributed by atoms with Gasteiger partial charge in [-0.25, -0.2) is 0 Å². The number of hydrogen-bond acceptors (Lipinski definition) is 4. The first kappa shape index (κ1) is 8.01. The number of rotatable bonds is 1. The van der Waals surface area contributed by atoms with E-state index in [1.165, 1.54) is 0 Å². The van der Waals surface area contributed by atoms with E-state index in [4.69, 9.17) is 10.5 Å². The molecule has 2 heterocycles. The fourth-order valence-electron chi connectivity index (χ4n) is 1.70. The molecule has 3 N–H and O–H groups in total. The van der Waals surface area contributed by atoms with Crippen LogP contribution in [0.2, 0.25) is 0 Å². The maximum Gasteiger partial charge on any atom is 0.117 e. The van der Waals surface area contributed by atoms with Gasteiger partial charge in [-0.1, -0.05) is 0 Å². The van der Waals surface area contributed by atoms with Gasteiger partial charge in [0.05, 0.1) is 12.1 Å². The van der Waals surface area contributed by atoms with E-state index in [1.54, 1.807) is 0 Å². The number of nitrogens with two attached hydrogens (primary N) is 1. The molecule has 1 saturated heterocycles. The van der Waals surface area contributed by atoms with Gasteiger partial charge in [-0.05, 0) is 12.8 Å². The average molecular weight is 169 g/mol. The Morgan fingerprint density at radius 3 is 2.75 bits per heavy atom. The van der Waals surface area contributed by atoms with Gasteiger partial charge in [0.25, 0.3) is 0 Å². The number of aliphatic imine (C=N–C) groups is 1. The second-order valence-electron chi connectivity index (χ2n) is 3.43. The zero-order chi connectivity index (χ0) is 8.44. The van der Waals surface area contributed by atoms with Crippen LogP contribution in [0.1, 0.15) is 12.8 Å². The number of amidine groups is 1. The monoisotopic (exact) mass is 169 g/mol. The Morgan fingerprint density at radius 1 is 1.42 bits per heavy atom. The van der Waals surface area contributed by atoms with E-state index in [1.807, 2.05) is 0 Å². The van der Waals surface area contributed by atoms with E-state index in [0.717, 1.165) is 45.0 Å². The minimum atomic E-state index is -0.227. The van der Waals surface area contributed by atoms with Gasteiger partial charge in [-0.2, -0.15) is 0 Å². The fourth-order valence-corrected chi connectivity index (χ4v) is 1.70. The molecule has 0 radical (unpaired) electrons. The second-order valence-corrected chi connectivity index (χ2v) is 3.43. The zero-order valence-electron chi connectivity index (χ0n) is 7.18. The highest BCUT2D eigenvalue weighted by molar-refractivity contribution is 5.92. The van der Waals surface area contributed by atoms with Crippen molar-refractivity contribution in [3.05, 3.63) is 0 Å². The van der Waals surface area contributed by atoms with Crippen molar-refractivity contribution in [2.75, 3.05) is 26.3 Å². The van der Waals surface area contributed by atoms with Crippen LogP contribution in [-0.4, -0.2) is 37.7 Å². The molecule has 0 saturated carbocycles. The SMILES string of the molecule is NC1(C2=NCCN2)CCOCC1. The molecule has 0 amide bonds. The standard InChI is InChI=1S/C8H15N3O/c9-8(1-5-12-6-2-8)7-10-3-4-11-7/h1-6,9H2,(H,10,11). The van der Waals surface area contributed by atoms with Gasteiger partial charge in [0.2, 0.25) is 0 Å². The van der Waals surface area contributed by atoms with E-state index >= 15 is 0 Å². The number of nitrogens with one attached hydrogen (secondary N) is 1. The van der Waals surface area contributed by atoms with Crippen LogP contribution in [0.4, 0.5) is 0 Å². The van der Waals surface area contributed by atoms with E-state index < -0.39 is 0 Å². The zero-order valence-corrected chi connectivity index (χ0v) is 7.18. The Labute approximate surface area is 72.2 Å². The predicted molar refractivity (Wildman–Crippen MR) is 47.3 cm³/mol. The minimum absolute atomic E-state index is 0.227. The van der Waals surface area contributed by atoms with Gasteiger partial charge in [0.15, 0.2) is 0 Å². The van der Waals surface area contributed by atoms with Crippen molar-refractivity contribution >= 4 is 5.84 Å². The molecule has 2 aliphatic heterocycles. The van der Waals surface area contributed by atoms with Gasteiger partial charge in [0.1, 0.15) is 5.84 Å². The molecule has 0 spiro atoms. The van der Waals surface area contributed by atoms with Crippen LogP contribution in [0.3, 0.4) is 0 Å². The van der Waals surface area contributed by atoms with Gasteiger partial charge < -0.3 is 15.8 Å². The first-order valence-electron chi connectivity index (χ1n) is 4.47. The van der Waals surface area contributed by atoms with E-state index in [2.05, 4.69) is 10.3 Å². The van der Waals surface area contributed by atoms with Crippen molar-refractivity contribution < 1.29 is 4.74 Å². The summed E-state index contributed by atoms with van der Waals surface area (Å²) in [7, 11) is 0. The van der Waals surface area contributed by atoms with Crippen LogP contribution in [-0.2, 0) is 4.74 Å². The van der Waals surface area contributed by atoms with Crippen molar-refractivity contribution in [1.29, 1.82) is 0 Å². The summed E-state index contributed by atoms with van der Waals surface area (Å²) >= 11 is 0. The number of ether oxygens (including phenoxy) is 1. The van der Waals surface area contributed by atoms with Crippen LogP contribution in [0.5, 0.6) is 0 Å². The van der Waals surface area contributed by atoms with Gasteiger partial charge in [-0.15, -0.1) is 0 Å². The Hall–Kier alpha value is -0.610. The molecule has 0 aromatic heterocycles. The molecule has 2 rings (SSSR count). The third-order valence-corrected chi connectivity index (χ3v) is 2.53. The predicted octanol–water partition coefficient (Wildman–Crippen LogP) is -0.504. The Morgan fingerprint density at radius 2 is 2.17 bits per heavy atom. The highest BCUT2D eigenvalue weighted by atomic mass is 16.5. The first-order chi connectivity index (χ1) is 5.81. The van der Waals surface area contributed by atoms with Gasteiger partial charge in [0, 0.05) is 19.8 Å². The topological polar surface area (TPSA) is 59.6 Å². The van der Waals surface area contributed by atoms with Crippen LogP contribution in [0, 0.1) is 0 Å². The van der Waals surface area contributed by atoms with Gasteiger partial charge >= 0.3 is 0 Å². The normalized spacial score (nSPS) is 27.9. The summed E-state index contributed by atoms with van der Waals surface area (Å²) in [6.07, 6.45) is 1.78. The first-order valence-corrected chi connectivity index (χ1v) is 4.47. The lowest BCUT2D eigenvalue weighted by Gasteiger charge is -2.33. The summed E-state index contributed by atoms with van der Waals surface area (Å²) in [5, 5.41) is 3.24. The Bertz CT molecular complexity index is 196. The summed E-state index contributed by atoms with van der Waals surface area (Å²) < 4.78 is 5.26. The second kappa shape index (κ2) is 3.03. The van der Waals surface area contributed by atoms with Crippen molar-refractivity contribution in [3.8, 4) is 0 Å². The summed E-state index contributed by atoms with van der Waals surface area (Å²) in [4.78, 5) is 4.36. The van der Waals surface area contributed by atoms with Crippen molar-refractivity contribution in [1.82, 2.24) is 5.32 Å². The molecule has 0 unspecified atom stereocenters. The third-order valence-electron chi connectivity index (χ3n) is 2.53. The molecule has 1 fully saturated rings. The van der Waals surface area contributed by atoms with Gasteiger partial charge in [-0.3, -0.25) is 4.99 Å². The minimum Gasteiger partial charge on any atom is -0.381 e. The average Bonchev–Trinajstić information content (AvgIpc) is 2.58. The molecule has 0 aromatic rings. The molecule has 4 nitrogen and oxygen atoms in total. The molecule has 12 heavy (non-hydrogen) atoms. The molecular weight excluding hydrogens is 154 g/mol. The lowest BCUT2D eigenvalue weighted by Crippen LogP contribution is -2.55. The summed E-state index contributed by atoms with van der Waals surface area (Å²) in [5.41, 5.74) is 5.96. The van der Waals surface area contributed by atoms with Crippen LogP contribution in [0.25, 0.3) is 0 Å². The molecule has 0 bridgehead atoms. The highest BCUT2D eigenvalue weighted by Gasteiger charge is 2.34. The van der Waals surface area contributed by atoms with Crippen molar-refractivity contribution in [2.45, 2.75) is 18.4 Å². The number of nitrogens with zero attached hydrogens (tertiary/aromatic N) is 1. The smallest absolute Gasteiger partial charge is 0.117 e. The Balaban J connectivity index is 2.07. The lowest BCUT2D eigenvalue weighted by atomic mass is 9.90. The number of hydrogen-bond donors (Lipinski definition) is 2. The van der Waals surface area contributed by atoms with Crippen molar-refractivity contribution in [2.24, 2.45) is 10.7 Å². The summed E-state index contributed by atoms with van der Waals surface area (Å²) in [6.45, 7) is 3.33. The Kier molecular flexibility index (Phi) is 2.02. The quantitative estimate of drug-likeness (QED) is 0.556. The van der Waals surface area contributed by atoms with Crippen LogP contribution in [0.15, 0.2) is 4.99 Å². The molecule has 68 valence electrons. The highest BCUT2D eigenvalue weighted by Crippen LogP contribution is 2.19. The van der Waals surface area contributed by atoms with E-state index in [9.17, 15) is 0 Å². The molecular formula is C8H15N3O. The molecule has 0 aromatic carbocycles. The lowest BCUT2D eigenvalue weighted by molar-refractivity contribution is 0.0724. The van der Waals surface area contributed by atoms with Crippen molar-refractivity contribution in [3.63, 3.8) is 0 Å². The fraction of sp³-hybridized carbons (Fsp3) is 0.875. The summed E-state index contributed by atoms with van der Waals surface area (Å²) in [5.74, 6) is 0.991.